The summed E-state index contributed by atoms with van der Waals surface area (Å²) < 4.78 is 4.97. The number of alkyl halides is 1. The molecule has 4 nitrogen and oxygen atoms in total. The number of amides is 1. The predicted molar refractivity (Wildman–Crippen MR) is 71.6 cm³/mol. The fourth-order valence-corrected chi connectivity index (χ4v) is 1.60. The molecule has 1 N–H and O–H groups in total. The van der Waals surface area contributed by atoms with Crippen molar-refractivity contribution in [3.63, 3.8) is 0 Å². The first-order valence-corrected chi connectivity index (χ1v) is 6.16. The summed E-state index contributed by atoms with van der Waals surface area (Å²) in [7, 11) is 3.19. The van der Waals surface area contributed by atoms with E-state index in [1.807, 2.05) is 6.92 Å². The highest BCUT2D eigenvalue weighted by molar-refractivity contribution is 6.20. The molecule has 0 aromatic heterocycles. The Morgan fingerprint density at radius 1 is 1.56 bits per heavy atom. The number of carbonyl (C=O) groups is 1. The Morgan fingerprint density at radius 3 is 2.72 bits per heavy atom. The molecule has 0 aliphatic heterocycles. The zero-order chi connectivity index (χ0) is 13.7. The molecule has 0 fully saturated rings. The number of phenolic OH excluding ortho intramolecular Hbond substituents is 1. The summed E-state index contributed by atoms with van der Waals surface area (Å²) >= 11 is 5.84. The van der Waals surface area contributed by atoms with Gasteiger partial charge in [-0.1, -0.05) is 0 Å². The second-order valence-electron chi connectivity index (χ2n) is 4.18. The molecule has 100 valence electrons. The van der Waals surface area contributed by atoms with Crippen molar-refractivity contribution < 1.29 is 14.6 Å². The lowest BCUT2D eigenvalue weighted by Gasteiger charge is -2.18. The topological polar surface area (TPSA) is 49.8 Å². The van der Waals surface area contributed by atoms with Crippen molar-refractivity contribution in [3.8, 4) is 11.5 Å². The Balaban J connectivity index is 2.77. The van der Waals surface area contributed by atoms with E-state index in [2.05, 4.69) is 0 Å². The van der Waals surface area contributed by atoms with Crippen LogP contribution in [0.1, 0.15) is 23.7 Å². The van der Waals surface area contributed by atoms with Gasteiger partial charge in [0.2, 0.25) is 0 Å². The third-order valence-electron chi connectivity index (χ3n) is 2.64. The quantitative estimate of drug-likeness (QED) is 0.837. The molecule has 0 bridgehead atoms. The fourth-order valence-electron chi connectivity index (χ4n) is 1.50. The lowest BCUT2D eigenvalue weighted by molar-refractivity contribution is 0.0790. The van der Waals surface area contributed by atoms with Crippen LogP contribution in [-0.4, -0.2) is 42.0 Å². The monoisotopic (exact) mass is 271 g/mol. The van der Waals surface area contributed by atoms with Crippen molar-refractivity contribution >= 4 is 17.5 Å². The van der Waals surface area contributed by atoms with E-state index in [-0.39, 0.29) is 22.6 Å². The molecule has 0 saturated heterocycles. The first-order chi connectivity index (χ1) is 8.45. The summed E-state index contributed by atoms with van der Waals surface area (Å²) in [5, 5.41) is 9.78. The van der Waals surface area contributed by atoms with E-state index in [0.29, 0.717) is 18.7 Å². The lowest BCUT2D eigenvalue weighted by Crippen LogP contribution is -2.28. The number of carbonyl (C=O) groups excluding carboxylic acids is 1. The van der Waals surface area contributed by atoms with Gasteiger partial charge >= 0.3 is 0 Å². The minimum Gasteiger partial charge on any atom is -0.507 e. The van der Waals surface area contributed by atoms with Crippen LogP contribution in [0.5, 0.6) is 11.5 Å². The molecule has 1 unspecified atom stereocenters. The van der Waals surface area contributed by atoms with E-state index in [9.17, 15) is 9.90 Å². The van der Waals surface area contributed by atoms with Gasteiger partial charge in [-0.05, 0) is 25.5 Å². The van der Waals surface area contributed by atoms with Crippen LogP contribution in [0.15, 0.2) is 18.2 Å². The predicted octanol–water partition coefficient (Wildman–Crippen LogP) is 2.49. The summed E-state index contributed by atoms with van der Waals surface area (Å²) in [6.07, 6.45) is 0.709. The Hall–Kier alpha value is -1.42. The number of phenols is 1. The molecule has 0 radical (unpaired) electrons. The van der Waals surface area contributed by atoms with Gasteiger partial charge in [0.25, 0.3) is 5.91 Å². The Labute approximate surface area is 112 Å². The van der Waals surface area contributed by atoms with E-state index in [1.54, 1.807) is 24.1 Å². The zero-order valence-corrected chi connectivity index (χ0v) is 11.6. The first-order valence-electron chi connectivity index (χ1n) is 5.72. The zero-order valence-electron chi connectivity index (χ0n) is 10.8. The molecule has 0 spiro atoms. The average molecular weight is 272 g/mol. The first kappa shape index (κ1) is 14.6. The van der Waals surface area contributed by atoms with Gasteiger partial charge in [-0.2, -0.15) is 0 Å². The summed E-state index contributed by atoms with van der Waals surface area (Å²) in [4.78, 5) is 13.6. The number of rotatable bonds is 5. The van der Waals surface area contributed by atoms with Crippen LogP contribution in [0.3, 0.4) is 0 Å². The molecular weight excluding hydrogens is 254 g/mol. The highest BCUT2D eigenvalue weighted by Gasteiger charge is 2.16. The smallest absolute Gasteiger partial charge is 0.257 e. The van der Waals surface area contributed by atoms with Crippen molar-refractivity contribution in [2.24, 2.45) is 0 Å². The standard InChI is InChI=1S/C13H18ClNO3/c1-9(14)6-7-15(2)13(17)11-5-4-10(18-3)8-12(11)16/h4-5,8-9,16H,6-7H2,1-3H3. The van der Waals surface area contributed by atoms with Crippen LogP contribution in [-0.2, 0) is 0 Å². The molecule has 1 rings (SSSR count). The van der Waals surface area contributed by atoms with Gasteiger partial charge in [-0.15, -0.1) is 11.6 Å². The maximum atomic E-state index is 12.1. The van der Waals surface area contributed by atoms with E-state index in [0.717, 1.165) is 0 Å². The molecule has 1 aromatic carbocycles. The molecule has 5 heteroatoms. The van der Waals surface area contributed by atoms with Gasteiger partial charge in [0, 0.05) is 25.0 Å². The third kappa shape index (κ3) is 3.81. The number of nitrogens with zero attached hydrogens (tertiary/aromatic N) is 1. The van der Waals surface area contributed by atoms with Crippen molar-refractivity contribution in [2.45, 2.75) is 18.7 Å². The van der Waals surface area contributed by atoms with Gasteiger partial charge < -0.3 is 14.7 Å². The van der Waals surface area contributed by atoms with E-state index >= 15 is 0 Å². The maximum absolute atomic E-state index is 12.1. The molecule has 1 aromatic rings. The minimum absolute atomic E-state index is 0.0183. The van der Waals surface area contributed by atoms with Crippen LogP contribution in [0.2, 0.25) is 0 Å². The minimum atomic E-state index is -0.229. The third-order valence-corrected chi connectivity index (χ3v) is 2.86. The van der Waals surface area contributed by atoms with Crippen molar-refractivity contribution in [1.29, 1.82) is 0 Å². The van der Waals surface area contributed by atoms with Crippen molar-refractivity contribution in [2.75, 3.05) is 20.7 Å². The second kappa shape index (κ2) is 6.50. The van der Waals surface area contributed by atoms with E-state index < -0.39 is 0 Å². The molecule has 0 heterocycles. The van der Waals surface area contributed by atoms with Crippen molar-refractivity contribution in [3.05, 3.63) is 23.8 Å². The molecule has 1 amide bonds. The molecule has 0 aliphatic carbocycles. The highest BCUT2D eigenvalue weighted by Crippen LogP contribution is 2.24. The Bertz CT molecular complexity index is 421. The van der Waals surface area contributed by atoms with Gasteiger partial charge in [0.1, 0.15) is 11.5 Å². The number of benzene rings is 1. The number of halogens is 1. The summed E-state index contributed by atoms with van der Waals surface area (Å²) in [6.45, 7) is 2.43. The van der Waals surface area contributed by atoms with Gasteiger partial charge in [0.05, 0.1) is 12.7 Å². The average Bonchev–Trinajstić information content (AvgIpc) is 2.34. The van der Waals surface area contributed by atoms with Crippen LogP contribution in [0.25, 0.3) is 0 Å². The molecule has 1 atom stereocenters. The Kier molecular flexibility index (Phi) is 5.28. The summed E-state index contributed by atoms with van der Waals surface area (Å²) in [5.74, 6) is 0.207. The molecule has 18 heavy (non-hydrogen) atoms. The van der Waals surface area contributed by atoms with Crippen LogP contribution in [0, 0.1) is 0 Å². The number of hydrogen-bond donors (Lipinski definition) is 1. The number of methoxy groups -OCH3 is 1. The fraction of sp³-hybridized carbons (Fsp3) is 0.462. The number of aromatic hydroxyl groups is 1. The molecule has 0 saturated carbocycles. The van der Waals surface area contributed by atoms with Gasteiger partial charge in [-0.3, -0.25) is 4.79 Å². The van der Waals surface area contributed by atoms with Gasteiger partial charge in [-0.25, -0.2) is 0 Å². The van der Waals surface area contributed by atoms with Crippen LogP contribution in [0.4, 0.5) is 0 Å². The molecular formula is C13H18ClNO3. The SMILES string of the molecule is COc1ccc(C(=O)N(C)CCC(C)Cl)c(O)c1. The summed E-state index contributed by atoms with van der Waals surface area (Å²) in [5.41, 5.74) is 0.264. The van der Waals surface area contributed by atoms with E-state index in [4.69, 9.17) is 16.3 Å². The summed E-state index contributed by atoms with van der Waals surface area (Å²) in [6, 6.07) is 4.62. The highest BCUT2D eigenvalue weighted by atomic mass is 35.5. The largest absolute Gasteiger partial charge is 0.507 e. The maximum Gasteiger partial charge on any atom is 0.257 e. The van der Waals surface area contributed by atoms with E-state index in [1.165, 1.54) is 13.2 Å². The number of hydrogen-bond acceptors (Lipinski definition) is 3. The van der Waals surface area contributed by atoms with Gasteiger partial charge in [0.15, 0.2) is 0 Å². The Morgan fingerprint density at radius 2 is 2.22 bits per heavy atom. The molecule has 0 aliphatic rings. The lowest BCUT2D eigenvalue weighted by atomic mass is 10.1. The van der Waals surface area contributed by atoms with Crippen molar-refractivity contribution in [1.82, 2.24) is 4.90 Å². The normalized spacial score (nSPS) is 12.0. The second-order valence-corrected chi connectivity index (χ2v) is 4.92. The van der Waals surface area contributed by atoms with Crippen LogP contribution >= 0.6 is 11.6 Å². The van der Waals surface area contributed by atoms with Crippen LogP contribution < -0.4 is 4.74 Å². The number of ether oxygens (including phenoxy) is 1.